The molecule has 0 bridgehead atoms. The lowest BCUT2D eigenvalue weighted by atomic mass is 10.2. The molecule has 0 saturated carbocycles. The molecule has 0 unspecified atom stereocenters. The Balaban J connectivity index is 3.01. The molecule has 1 heterocycles. The number of nitrogens with two attached hydrogens (primary N) is 1. The molecule has 1 rings (SSSR count). The van der Waals surface area contributed by atoms with Crippen molar-refractivity contribution in [3.8, 4) is 11.8 Å². The number of pyridine rings is 1. The molecule has 4 heteroatoms. The maximum Gasteiger partial charge on any atom is 0.144 e. The van der Waals surface area contributed by atoms with Crippen molar-refractivity contribution in [1.82, 2.24) is 4.98 Å². The van der Waals surface area contributed by atoms with Gasteiger partial charge in [0.05, 0.1) is 7.11 Å². The van der Waals surface area contributed by atoms with E-state index in [-0.39, 0.29) is 0 Å². The van der Waals surface area contributed by atoms with Crippen LogP contribution in [-0.4, -0.2) is 18.6 Å². The van der Waals surface area contributed by atoms with Gasteiger partial charge in [0.1, 0.15) is 17.5 Å². The van der Waals surface area contributed by atoms with Crippen molar-refractivity contribution >= 4 is 0 Å². The second-order valence-electron chi connectivity index (χ2n) is 2.53. The predicted molar refractivity (Wildman–Crippen MR) is 48.3 cm³/mol. The Morgan fingerprint density at radius 3 is 2.92 bits per heavy atom. The van der Waals surface area contributed by atoms with Gasteiger partial charge in [-0.2, -0.15) is 5.26 Å². The van der Waals surface area contributed by atoms with Crippen molar-refractivity contribution in [2.45, 2.75) is 6.42 Å². The highest BCUT2D eigenvalue weighted by Crippen LogP contribution is 2.13. The van der Waals surface area contributed by atoms with Gasteiger partial charge < -0.3 is 10.5 Å². The lowest BCUT2D eigenvalue weighted by Crippen LogP contribution is -2.05. The van der Waals surface area contributed by atoms with Gasteiger partial charge >= 0.3 is 0 Å². The van der Waals surface area contributed by atoms with E-state index < -0.39 is 0 Å². The number of aromatic nitrogens is 1. The molecule has 4 nitrogen and oxygen atoms in total. The van der Waals surface area contributed by atoms with Crippen LogP contribution in [0.1, 0.15) is 11.4 Å². The summed E-state index contributed by atoms with van der Waals surface area (Å²) < 4.78 is 5.01. The maximum absolute atomic E-state index is 8.65. The molecule has 0 fully saturated rings. The first-order valence-corrected chi connectivity index (χ1v) is 3.95. The van der Waals surface area contributed by atoms with E-state index in [1.807, 2.05) is 6.07 Å². The van der Waals surface area contributed by atoms with Gasteiger partial charge in [-0.1, -0.05) is 0 Å². The highest BCUT2D eigenvalue weighted by Gasteiger charge is 2.01. The van der Waals surface area contributed by atoms with Gasteiger partial charge in [0.15, 0.2) is 0 Å². The molecule has 68 valence electrons. The van der Waals surface area contributed by atoms with Crippen LogP contribution in [0.15, 0.2) is 12.1 Å². The van der Waals surface area contributed by atoms with Gasteiger partial charge in [-0.3, -0.25) is 0 Å². The van der Waals surface area contributed by atoms with E-state index in [4.69, 9.17) is 15.7 Å². The minimum Gasteiger partial charge on any atom is -0.497 e. The van der Waals surface area contributed by atoms with Crippen LogP contribution in [0.2, 0.25) is 0 Å². The fraction of sp³-hybridized carbons (Fsp3) is 0.333. The molecule has 0 amide bonds. The van der Waals surface area contributed by atoms with Crippen molar-refractivity contribution < 1.29 is 4.74 Å². The molecular formula is C9H11N3O. The molecule has 0 radical (unpaired) electrons. The molecule has 0 aliphatic carbocycles. The zero-order valence-electron chi connectivity index (χ0n) is 7.45. The zero-order chi connectivity index (χ0) is 9.68. The molecule has 0 aromatic carbocycles. The van der Waals surface area contributed by atoms with Crippen LogP contribution in [0.4, 0.5) is 0 Å². The summed E-state index contributed by atoms with van der Waals surface area (Å²) in [5, 5.41) is 8.65. The number of nitriles is 1. The fourth-order valence-corrected chi connectivity index (χ4v) is 1.01. The Morgan fingerprint density at radius 1 is 1.62 bits per heavy atom. The molecule has 0 saturated heterocycles. The summed E-state index contributed by atoms with van der Waals surface area (Å²) in [5.74, 6) is 0.648. The van der Waals surface area contributed by atoms with Crippen molar-refractivity contribution in [3.05, 3.63) is 23.5 Å². The first-order valence-electron chi connectivity index (χ1n) is 3.95. The summed E-state index contributed by atoms with van der Waals surface area (Å²) in [5.41, 5.74) is 6.53. The van der Waals surface area contributed by atoms with E-state index in [0.717, 1.165) is 5.69 Å². The SMILES string of the molecule is COc1cc(C#N)nc(CCN)c1. The van der Waals surface area contributed by atoms with Gasteiger partial charge in [-0.25, -0.2) is 4.98 Å². The summed E-state index contributed by atoms with van der Waals surface area (Å²) in [7, 11) is 1.56. The van der Waals surface area contributed by atoms with E-state index in [2.05, 4.69) is 4.98 Å². The summed E-state index contributed by atoms with van der Waals surface area (Å²) in [6.45, 7) is 0.519. The smallest absolute Gasteiger partial charge is 0.144 e. The van der Waals surface area contributed by atoms with Crippen LogP contribution in [0.5, 0.6) is 5.75 Å². The van der Waals surface area contributed by atoms with E-state index in [1.165, 1.54) is 0 Å². The molecule has 1 aromatic rings. The highest BCUT2D eigenvalue weighted by atomic mass is 16.5. The minimum absolute atomic E-state index is 0.364. The normalized spacial score (nSPS) is 9.31. The van der Waals surface area contributed by atoms with Crippen LogP contribution < -0.4 is 10.5 Å². The molecule has 0 aliphatic heterocycles. The van der Waals surface area contributed by atoms with E-state index in [9.17, 15) is 0 Å². The number of methoxy groups -OCH3 is 1. The van der Waals surface area contributed by atoms with E-state index in [0.29, 0.717) is 24.4 Å². The Bertz CT molecular complexity index is 330. The van der Waals surface area contributed by atoms with Crippen LogP contribution in [-0.2, 0) is 6.42 Å². The highest BCUT2D eigenvalue weighted by molar-refractivity contribution is 5.33. The molecular weight excluding hydrogens is 166 g/mol. The molecule has 2 N–H and O–H groups in total. The summed E-state index contributed by atoms with van der Waals surface area (Å²) in [6.07, 6.45) is 0.659. The fourth-order valence-electron chi connectivity index (χ4n) is 1.01. The molecule has 0 spiro atoms. The van der Waals surface area contributed by atoms with E-state index >= 15 is 0 Å². The second kappa shape index (κ2) is 4.43. The number of nitrogens with zero attached hydrogens (tertiary/aromatic N) is 2. The van der Waals surface area contributed by atoms with Gasteiger partial charge in [0, 0.05) is 24.2 Å². The third kappa shape index (κ3) is 2.42. The average Bonchev–Trinajstić information content (AvgIpc) is 2.17. The number of hydrogen-bond donors (Lipinski definition) is 1. The predicted octanol–water partition coefficient (Wildman–Crippen LogP) is 0.463. The zero-order valence-corrected chi connectivity index (χ0v) is 7.45. The van der Waals surface area contributed by atoms with Gasteiger partial charge in [0.25, 0.3) is 0 Å². The molecule has 0 atom stereocenters. The summed E-state index contributed by atoms with van der Waals surface area (Å²) in [6, 6.07) is 5.35. The number of rotatable bonds is 3. The molecule has 13 heavy (non-hydrogen) atoms. The largest absolute Gasteiger partial charge is 0.497 e. The second-order valence-corrected chi connectivity index (χ2v) is 2.53. The maximum atomic E-state index is 8.65. The Hall–Kier alpha value is -1.60. The van der Waals surface area contributed by atoms with Crippen LogP contribution in [0.25, 0.3) is 0 Å². The van der Waals surface area contributed by atoms with Crippen molar-refractivity contribution in [3.63, 3.8) is 0 Å². The number of ether oxygens (including phenoxy) is 1. The van der Waals surface area contributed by atoms with Crippen LogP contribution in [0, 0.1) is 11.3 Å². The van der Waals surface area contributed by atoms with Crippen LogP contribution >= 0.6 is 0 Å². The Morgan fingerprint density at radius 2 is 2.38 bits per heavy atom. The van der Waals surface area contributed by atoms with Crippen molar-refractivity contribution in [2.24, 2.45) is 5.73 Å². The van der Waals surface area contributed by atoms with Gasteiger partial charge in [-0.15, -0.1) is 0 Å². The lowest BCUT2D eigenvalue weighted by Gasteiger charge is -2.03. The first-order chi connectivity index (χ1) is 6.30. The van der Waals surface area contributed by atoms with E-state index in [1.54, 1.807) is 19.2 Å². The van der Waals surface area contributed by atoms with Crippen LogP contribution in [0.3, 0.4) is 0 Å². The summed E-state index contributed by atoms with van der Waals surface area (Å²) in [4.78, 5) is 4.07. The Kier molecular flexibility index (Phi) is 3.23. The topological polar surface area (TPSA) is 71.9 Å². The Labute approximate surface area is 77.0 Å². The lowest BCUT2D eigenvalue weighted by molar-refractivity contribution is 0.413. The van der Waals surface area contributed by atoms with Gasteiger partial charge in [0.2, 0.25) is 0 Å². The van der Waals surface area contributed by atoms with Crippen molar-refractivity contribution in [1.29, 1.82) is 5.26 Å². The van der Waals surface area contributed by atoms with Crippen molar-refractivity contribution in [2.75, 3.05) is 13.7 Å². The standard InChI is InChI=1S/C9H11N3O/c1-13-9-4-7(2-3-10)12-8(5-9)6-11/h4-5H,2-3,10H2,1H3. The monoisotopic (exact) mass is 177 g/mol. The third-order valence-electron chi connectivity index (χ3n) is 1.60. The average molecular weight is 177 g/mol. The minimum atomic E-state index is 0.364. The molecule has 0 aliphatic rings. The number of hydrogen-bond acceptors (Lipinski definition) is 4. The first kappa shape index (κ1) is 9.49. The molecule has 1 aromatic heterocycles. The van der Waals surface area contributed by atoms with Gasteiger partial charge in [-0.05, 0) is 6.54 Å². The quantitative estimate of drug-likeness (QED) is 0.728. The summed E-state index contributed by atoms with van der Waals surface area (Å²) >= 11 is 0. The third-order valence-corrected chi connectivity index (χ3v) is 1.60.